The predicted octanol–water partition coefficient (Wildman–Crippen LogP) is 2.34. The summed E-state index contributed by atoms with van der Waals surface area (Å²) in [6.07, 6.45) is 0. The van der Waals surface area contributed by atoms with Crippen molar-refractivity contribution in [3.05, 3.63) is 30.1 Å². The molecule has 14 heavy (non-hydrogen) atoms. The van der Waals surface area contributed by atoms with Gasteiger partial charge in [0.1, 0.15) is 5.82 Å². The monoisotopic (exact) mass is 206 g/mol. The molecule has 3 nitrogen and oxygen atoms in total. The largest absolute Gasteiger partial charge is 0.341 e. The summed E-state index contributed by atoms with van der Waals surface area (Å²) in [5.41, 5.74) is 1.97. The molecule has 2 aromatic rings. The first kappa shape index (κ1) is 9.27. The van der Waals surface area contributed by atoms with Gasteiger partial charge < -0.3 is 4.98 Å². The molecule has 0 saturated heterocycles. The van der Waals surface area contributed by atoms with Crippen molar-refractivity contribution in [1.29, 1.82) is 0 Å². The van der Waals surface area contributed by atoms with E-state index in [1.807, 2.05) is 24.3 Å². The maximum Gasteiger partial charge on any atom is 0.186 e. The Hall–Kier alpha value is -1.29. The lowest BCUT2D eigenvalue weighted by atomic mass is 10.3. The lowest BCUT2D eigenvalue weighted by Gasteiger charge is -1.90. The van der Waals surface area contributed by atoms with Crippen molar-refractivity contribution >= 4 is 27.9 Å². The number of hydrogen-bond acceptors (Lipinski definition) is 3. The minimum absolute atomic E-state index is 0.116. The van der Waals surface area contributed by atoms with Crippen molar-refractivity contribution in [2.45, 2.75) is 12.7 Å². The van der Waals surface area contributed by atoms with Crippen molar-refractivity contribution in [3.63, 3.8) is 0 Å². The van der Waals surface area contributed by atoms with Crippen LogP contribution in [0.3, 0.4) is 0 Å². The first-order chi connectivity index (χ1) is 6.75. The van der Waals surface area contributed by atoms with Gasteiger partial charge in [0.25, 0.3) is 0 Å². The number of imidazole rings is 1. The second-order valence-corrected chi connectivity index (χ2v) is 4.13. The van der Waals surface area contributed by atoms with Crippen LogP contribution in [-0.4, -0.2) is 15.1 Å². The molecule has 4 heteroatoms. The van der Waals surface area contributed by atoms with Crippen LogP contribution < -0.4 is 0 Å². The van der Waals surface area contributed by atoms with E-state index in [2.05, 4.69) is 9.97 Å². The molecule has 0 aliphatic carbocycles. The second kappa shape index (κ2) is 3.84. The molecule has 0 spiro atoms. The van der Waals surface area contributed by atoms with E-state index in [9.17, 15) is 4.79 Å². The normalized spacial score (nSPS) is 10.6. The molecule has 0 amide bonds. The Morgan fingerprint density at radius 2 is 2.29 bits per heavy atom. The molecule has 0 atom stereocenters. The molecule has 0 saturated carbocycles. The Morgan fingerprint density at radius 1 is 1.50 bits per heavy atom. The third kappa shape index (κ3) is 1.96. The highest BCUT2D eigenvalue weighted by atomic mass is 32.2. The van der Waals surface area contributed by atoms with E-state index in [0.717, 1.165) is 16.9 Å². The molecule has 1 heterocycles. The van der Waals surface area contributed by atoms with Crippen LogP contribution in [0.5, 0.6) is 0 Å². The summed E-state index contributed by atoms with van der Waals surface area (Å²) in [6.45, 7) is 1.56. The number of fused-ring (bicyclic) bond motifs is 1. The molecule has 0 unspecified atom stereocenters. The fourth-order valence-electron chi connectivity index (χ4n) is 1.24. The summed E-state index contributed by atoms with van der Waals surface area (Å²) in [7, 11) is 0. The summed E-state index contributed by atoms with van der Waals surface area (Å²) in [6, 6.07) is 7.84. The number of para-hydroxylation sites is 2. The number of hydrogen-bond donors (Lipinski definition) is 1. The number of aromatic nitrogens is 2. The number of nitrogens with zero attached hydrogens (tertiary/aromatic N) is 1. The summed E-state index contributed by atoms with van der Waals surface area (Å²) in [4.78, 5) is 18.3. The Bertz CT molecular complexity index is 431. The maximum atomic E-state index is 10.8. The van der Waals surface area contributed by atoms with E-state index in [1.54, 1.807) is 6.92 Å². The summed E-state index contributed by atoms with van der Waals surface area (Å²) in [5, 5.41) is 0.116. The highest BCUT2D eigenvalue weighted by molar-refractivity contribution is 8.12. The number of thioether (sulfide) groups is 1. The van der Waals surface area contributed by atoms with Crippen LogP contribution in [0.4, 0.5) is 0 Å². The number of rotatable bonds is 2. The smallest absolute Gasteiger partial charge is 0.186 e. The van der Waals surface area contributed by atoms with E-state index in [1.165, 1.54) is 11.8 Å². The number of nitrogens with one attached hydrogen (secondary N) is 1. The molecular formula is C10H10N2OS. The first-order valence-corrected chi connectivity index (χ1v) is 5.31. The van der Waals surface area contributed by atoms with E-state index in [4.69, 9.17) is 0 Å². The van der Waals surface area contributed by atoms with Crippen molar-refractivity contribution in [1.82, 2.24) is 9.97 Å². The Morgan fingerprint density at radius 3 is 3.00 bits per heavy atom. The third-order valence-corrected chi connectivity index (χ3v) is 2.67. The molecule has 1 N–H and O–H groups in total. The molecule has 0 aliphatic heterocycles. The SMILES string of the molecule is CC(=O)SCc1nc2ccccc2[nH]1. The standard InChI is InChI=1S/C10H10N2OS/c1-7(13)14-6-10-11-8-4-2-3-5-9(8)12-10/h2-5H,6H2,1H3,(H,11,12). The Balaban J connectivity index is 2.22. The van der Waals surface area contributed by atoms with Gasteiger partial charge >= 0.3 is 0 Å². The van der Waals surface area contributed by atoms with Crippen molar-refractivity contribution in [3.8, 4) is 0 Å². The lowest BCUT2D eigenvalue weighted by Crippen LogP contribution is -1.87. The zero-order valence-corrected chi connectivity index (χ0v) is 8.60. The summed E-state index contributed by atoms with van der Waals surface area (Å²) < 4.78 is 0. The highest BCUT2D eigenvalue weighted by Gasteiger charge is 2.02. The number of aromatic amines is 1. The van der Waals surface area contributed by atoms with Crippen LogP contribution in [0.2, 0.25) is 0 Å². The molecule has 1 aromatic heterocycles. The average Bonchev–Trinajstić information content (AvgIpc) is 2.57. The summed E-state index contributed by atoms with van der Waals surface area (Å²) in [5.74, 6) is 1.47. The predicted molar refractivity (Wildman–Crippen MR) is 58.1 cm³/mol. The van der Waals surface area contributed by atoms with E-state index >= 15 is 0 Å². The Labute approximate surface area is 85.9 Å². The first-order valence-electron chi connectivity index (χ1n) is 4.33. The number of benzene rings is 1. The van der Waals surface area contributed by atoms with E-state index < -0.39 is 0 Å². The van der Waals surface area contributed by atoms with Gasteiger partial charge in [0.2, 0.25) is 0 Å². The Kier molecular flexibility index (Phi) is 2.54. The topological polar surface area (TPSA) is 45.8 Å². The van der Waals surface area contributed by atoms with E-state index in [0.29, 0.717) is 5.75 Å². The van der Waals surface area contributed by atoms with Crippen molar-refractivity contribution in [2.75, 3.05) is 0 Å². The van der Waals surface area contributed by atoms with Crippen molar-refractivity contribution < 1.29 is 4.79 Å². The molecule has 72 valence electrons. The summed E-state index contributed by atoms with van der Waals surface area (Å²) >= 11 is 1.27. The molecule has 0 aliphatic rings. The van der Waals surface area contributed by atoms with Crippen LogP contribution in [0.15, 0.2) is 24.3 Å². The molecule has 0 fully saturated rings. The van der Waals surface area contributed by atoms with Crippen LogP contribution in [-0.2, 0) is 10.5 Å². The number of carbonyl (C=O) groups is 1. The van der Waals surface area contributed by atoms with Gasteiger partial charge in [-0.1, -0.05) is 23.9 Å². The third-order valence-electron chi connectivity index (χ3n) is 1.85. The average molecular weight is 206 g/mol. The van der Waals surface area contributed by atoms with Crippen LogP contribution in [0, 0.1) is 0 Å². The number of H-pyrrole nitrogens is 1. The van der Waals surface area contributed by atoms with E-state index in [-0.39, 0.29) is 5.12 Å². The van der Waals surface area contributed by atoms with Crippen LogP contribution in [0.25, 0.3) is 11.0 Å². The van der Waals surface area contributed by atoms with Crippen molar-refractivity contribution in [2.24, 2.45) is 0 Å². The maximum absolute atomic E-state index is 10.8. The highest BCUT2D eigenvalue weighted by Crippen LogP contribution is 2.15. The van der Waals surface area contributed by atoms with Gasteiger partial charge in [0, 0.05) is 6.92 Å². The van der Waals surface area contributed by atoms with Gasteiger partial charge in [-0.15, -0.1) is 0 Å². The zero-order valence-electron chi connectivity index (χ0n) is 7.78. The lowest BCUT2D eigenvalue weighted by molar-refractivity contribution is -0.109. The molecule has 1 aromatic carbocycles. The molecule has 0 radical (unpaired) electrons. The van der Waals surface area contributed by atoms with Crippen LogP contribution in [0.1, 0.15) is 12.7 Å². The van der Waals surface area contributed by atoms with Gasteiger partial charge in [-0.2, -0.15) is 0 Å². The van der Waals surface area contributed by atoms with Crippen LogP contribution >= 0.6 is 11.8 Å². The molecule has 2 rings (SSSR count). The van der Waals surface area contributed by atoms with Gasteiger partial charge in [0.05, 0.1) is 16.8 Å². The zero-order chi connectivity index (χ0) is 9.97. The minimum Gasteiger partial charge on any atom is -0.341 e. The van der Waals surface area contributed by atoms with Gasteiger partial charge in [-0.05, 0) is 12.1 Å². The molecular weight excluding hydrogens is 196 g/mol. The quantitative estimate of drug-likeness (QED) is 0.820. The van der Waals surface area contributed by atoms with Gasteiger partial charge in [-0.3, -0.25) is 4.79 Å². The van der Waals surface area contributed by atoms with Gasteiger partial charge in [0.15, 0.2) is 5.12 Å². The minimum atomic E-state index is 0.116. The second-order valence-electron chi connectivity index (χ2n) is 2.98. The fourth-order valence-corrected chi connectivity index (χ4v) is 1.72. The van der Waals surface area contributed by atoms with Gasteiger partial charge in [-0.25, -0.2) is 4.98 Å². The number of carbonyl (C=O) groups excluding carboxylic acids is 1. The fraction of sp³-hybridized carbons (Fsp3) is 0.200. The molecule has 0 bridgehead atoms.